The van der Waals surface area contributed by atoms with Gasteiger partial charge in [-0.25, -0.2) is 22.0 Å². The molecule has 7 heteroatoms. The SMILES string of the molecule is COc1ccc2cc(CCc3c(F)c(F)c(F)c(F)c3F)oc2c1. The second kappa shape index (κ2) is 6.14. The number of aryl methyl sites for hydroxylation is 1. The Kier molecular flexibility index (Phi) is 4.17. The number of halogens is 5. The third-order valence-electron chi connectivity index (χ3n) is 3.70. The molecule has 126 valence electrons. The molecule has 2 nitrogen and oxygen atoms in total. The zero-order valence-electron chi connectivity index (χ0n) is 12.4. The Balaban J connectivity index is 1.89. The number of hydrogen-bond acceptors (Lipinski definition) is 2. The summed E-state index contributed by atoms with van der Waals surface area (Å²) in [4.78, 5) is 0. The van der Waals surface area contributed by atoms with Crippen LogP contribution in [0.1, 0.15) is 11.3 Å². The van der Waals surface area contributed by atoms with E-state index in [0.29, 0.717) is 17.1 Å². The molecular weight excluding hydrogens is 331 g/mol. The first kappa shape index (κ1) is 16.3. The summed E-state index contributed by atoms with van der Waals surface area (Å²) in [6.07, 6.45) is -0.405. The lowest BCUT2D eigenvalue weighted by Crippen LogP contribution is -2.08. The Bertz CT molecular complexity index is 888. The number of methoxy groups -OCH3 is 1. The van der Waals surface area contributed by atoms with Crippen LogP contribution in [0.4, 0.5) is 22.0 Å². The van der Waals surface area contributed by atoms with Crippen LogP contribution in [0.5, 0.6) is 5.75 Å². The summed E-state index contributed by atoms with van der Waals surface area (Å²) in [6, 6.07) is 6.73. The zero-order valence-corrected chi connectivity index (χ0v) is 12.4. The van der Waals surface area contributed by atoms with Crippen molar-refractivity contribution < 1.29 is 31.1 Å². The first-order valence-electron chi connectivity index (χ1n) is 6.99. The summed E-state index contributed by atoms with van der Waals surface area (Å²) in [5, 5.41) is 0.739. The zero-order chi connectivity index (χ0) is 17.4. The Morgan fingerprint density at radius 1 is 0.833 bits per heavy atom. The molecular formula is C17H11F5O2. The molecule has 0 N–H and O–H groups in total. The van der Waals surface area contributed by atoms with Gasteiger partial charge in [-0.2, -0.15) is 0 Å². The lowest BCUT2D eigenvalue weighted by molar-refractivity contribution is 0.369. The molecule has 0 aliphatic carbocycles. The van der Waals surface area contributed by atoms with Crippen molar-refractivity contribution in [3.63, 3.8) is 0 Å². The van der Waals surface area contributed by atoms with Crippen LogP contribution in [0.2, 0.25) is 0 Å². The van der Waals surface area contributed by atoms with E-state index in [-0.39, 0.29) is 12.8 Å². The molecule has 0 saturated carbocycles. The molecule has 0 radical (unpaired) electrons. The highest BCUT2D eigenvalue weighted by molar-refractivity contribution is 5.79. The predicted octanol–water partition coefficient (Wildman–Crippen LogP) is 4.92. The van der Waals surface area contributed by atoms with Gasteiger partial charge in [-0.15, -0.1) is 0 Å². The molecule has 2 aromatic carbocycles. The molecule has 3 rings (SSSR count). The minimum absolute atomic E-state index is 0.0185. The van der Waals surface area contributed by atoms with Crippen molar-refractivity contribution in [1.82, 2.24) is 0 Å². The average molecular weight is 342 g/mol. The highest BCUT2D eigenvalue weighted by Crippen LogP contribution is 2.27. The summed E-state index contributed by atoms with van der Waals surface area (Å²) in [7, 11) is 1.49. The molecule has 24 heavy (non-hydrogen) atoms. The number of ether oxygens (including phenoxy) is 1. The van der Waals surface area contributed by atoms with Crippen molar-refractivity contribution in [2.24, 2.45) is 0 Å². The largest absolute Gasteiger partial charge is 0.497 e. The summed E-state index contributed by atoms with van der Waals surface area (Å²) >= 11 is 0. The van der Waals surface area contributed by atoms with Gasteiger partial charge in [-0.1, -0.05) is 0 Å². The Morgan fingerprint density at radius 2 is 1.46 bits per heavy atom. The maximum Gasteiger partial charge on any atom is 0.200 e. The molecule has 0 atom stereocenters. The van der Waals surface area contributed by atoms with Gasteiger partial charge >= 0.3 is 0 Å². The lowest BCUT2D eigenvalue weighted by Gasteiger charge is -2.07. The normalized spacial score (nSPS) is 11.2. The number of rotatable bonds is 4. The second-order valence-corrected chi connectivity index (χ2v) is 5.16. The van der Waals surface area contributed by atoms with Crippen LogP contribution < -0.4 is 4.74 Å². The highest BCUT2D eigenvalue weighted by Gasteiger charge is 2.25. The Hall–Kier alpha value is -2.57. The van der Waals surface area contributed by atoms with Crippen molar-refractivity contribution in [3.05, 3.63) is 64.7 Å². The van der Waals surface area contributed by atoms with E-state index in [1.807, 2.05) is 0 Å². The third-order valence-corrected chi connectivity index (χ3v) is 3.70. The first-order valence-corrected chi connectivity index (χ1v) is 6.99. The topological polar surface area (TPSA) is 22.4 Å². The van der Waals surface area contributed by atoms with Gasteiger partial charge in [-0.05, 0) is 24.6 Å². The molecule has 1 heterocycles. The molecule has 1 aromatic heterocycles. The van der Waals surface area contributed by atoms with Gasteiger partial charge in [0.15, 0.2) is 23.3 Å². The molecule has 0 bridgehead atoms. The first-order chi connectivity index (χ1) is 11.4. The molecule has 0 spiro atoms. The van der Waals surface area contributed by atoms with E-state index in [2.05, 4.69) is 0 Å². The van der Waals surface area contributed by atoms with Gasteiger partial charge in [0.1, 0.15) is 17.1 Å². The van der Waals surface area contributed by atoms with E-state index in [4.69, 9.17) is 9.15 Å². The second-order valence-electron chi connectivity index (χ2n) is 5.16. The monoisotopic (exact) mass is 342 g/mol. The maximum atomic E-state index is 13.6. The molecule has 0 aliphatic heterocycles. The Labute approximate surface area is 133 Å². The molecule has 0 aliphatic rings. The van der Waals surface area contributed by atoms with Gasteiger partial charge in [0.2, 0.25) is 5.82 Å². The van der Waals surface area contributed by atoms with Gasteiger partial charge in [0.25, 0.3) is 0 Å². The van der Waals surface area contributed by atoms with E-state index in [0.717, 1.165) is 5.39 Å². The predicted molar refractivity (Wildman–Crippen MR) is 76.4 cm³/mol. The minimum Gasteiger partial charge on any atom is -0.497 e. The standard InChI is InChI=1S/C17H11F5O2/c1-23-9-3-2-8-6-10(24-12(8)7-9)4-5-11-13(18)15(20)17(22)16(21)14(11)19/h2-3,6-7H,4-5H2,1H3. The number of fused-ring (bicyclic) bond motifs is 1. The highest BCUT2D eigenvalue weighted by atomic mass is 19.2. The van der Waals surface area contributed by atoms with Gasteiger partial charge in [0, 0.05) is 23.4 Å². The van der Waals surface area contributed by atoms with Crippen LogP contribution in [0.25, 0.3) is 11.0 Å². The fourth-order valence-electron chi connectivity index (χ4n) is 2.43. The molecule has 0 saturated heterocycles. The molecule has 3 aromatic rings. The smallest absolute Gasteiger partial charge is 0.200 e. The van der Waals surface area contributed by atoms with Gasteiger partial charge in [-0.3, -0.25) is 0 Å². The van der Waals surface area contributed by atoms with Gasteiger partial charge in [0.05, 0.1) is 7.11 Å². The third kappa shape index (κ3) is 2.70. The summed E-state index contributed by atoms with van der Waals surface area (Å²) in [5.41, 5.74) is -0.355. The van der Waals surface area contributed by atoms with E-state index >= 15 is 0 Å². The molecule has 0 unspecified atom stereocenters. The minimum atomic E-state index is -2.16. The van der Waals surface area contributed by atoms with E-state index < -0.39 is 34.6 Å². The molecule has 0 fully saturated rings. The van der Waals surface area contributed by atoms with E-state index in [1.54, 1.807) is 24.3 Å². The molecule has 0 amide bonds. The van der Waals surface area contributed by atoms with Gasteiger partial charge < -0.3 is 9.15 Å². The van der Waals surface area contributed by atoms with Crippen LogP contribution in [0.3, 0.4) is 0 Å². The maximum absolute atomic E-state index is 13.6. The number of furan rings is 1. The van der Waals surface area contributed by atoms with Crippen LogP contribution in [0, 0.1) is 29.1 Å². The Morgan fingerprint density at radius 3 is 2.08 bits per heavy atom. The van der Waals surface area contributed by atoms with Crippen molar-refractivity contribution in [2.45, 2.75) is 12.8 Å². The number of benzene rings is 2. The van der Waals surface area contributed by atoms with Crippen molar-refractivity contribution >= 4 is 11.0 Å². The van der Waals surface area contributed by atoms with E-state index in [1.165, 1.54) is 7.11 Å². The fraction of sp³-hybridized carbons (Fsp3) is 0.176. The van der Waals surface area contributed by atoms with Crippen LogP contribution in [0.15, 0.2) is 28.7 Å². The lowest BCUT2D eigenvalue weighted by atomic mass is 10.1. The van der Waals surface area contributed by atoms with E-state index in [9.17, 15) is 22.0 Å². The summed E-state index contributed by atoms with van der Waals surface area (Å²) < 4.78 is 77.2. The quantitative estimate of drug-likeness (QED) is 0.381. The van der Waals surface area contributed by atoms with Crippen LogP contribution in [-0.2, 0) is 12.8 Å². The summed E-state index contributed by atoms with van der Waals surface area (Å²) in [6.45, 7) is 0. The summed E-state index contributed by atoms with van der Waals surface area (Å²) in [5.74, 6) is -8.75. The average Bonchev–Trinajstić information content (AvgIpc) is 3.00. The number of hydrogen-bond donors (Lipinski definition) is 0. The van der Waals surface area contributed by atoms with Crippen molar-refractivity contribution in [3.8, 4) is 5.75 Å². The van der Waals surface area contributed by atoms with Crippen molar-refractivity contribution in [1.29, 1.82) is 0 Å². The van der Waals surface area contributed by atoms with Crippen molar-refractivity contribution in [2.75, 3.05) is 7.11 Å². The fourth-order valence-corrected chi connectivity index (χ4v) is 2.43. The van der Waals surface area contributed by atoms with Crippen LogP contribution in [-0.4, -0.2) is 7.11 Å². The van der Waals surface area contributed by atoms with Crippen LogP contribution >= 0.6 is 0 Å².